The number of hydrogen-bond acceptors (Lipinski definition) is 4. The van der Waals surface area contributed by atoms with Crippen LogP contribution in [0, 0.1) is 0 Å². The molecule has 0 saturated heterocycles. The van der Waals surface area contributed by atoms with Crippen molar-refractivity contribution in [1.82, 2.24) is 4.90 Å². The Labute approximate surface area is 197 Å². The largest absolute Gasteiger partial charge is 0.356 e. The van der Waals surface area contributed by atoms with Gasteiger partial charge in [0.05, 0.1) is 0 Å². The number of anilines is 3. The summed E-state index contributed by atoms with van der Waals surface area (Å²) in [4.78, 5) is 27.4. The maximum absolute atomic E-state index is 13.2. The van der Waals surface area contributed by atoms with E-state index in [1.165, 1.54) is 0 Å². The molecule has 0 spiro atoms. The first-order chi connectivity index (χ1) is 16.1. The molecule has 5 nitrogen and oxygen atoms in total. The summed E-state index contributed by atoms with van der Waals surface area (Å²) in [6.45, 7) is 0. The number of benzene rings is 4. The molecule has 0 saturated carbocycles. The lowest BCUT2D eigenvalue weighted by Crippen LogP contribution is -2.44. The second-order valence-electron chi connectivity index (χ2n) is 7.18. The van der Waals surface area contributed by atoms with E-state index in [0.717, 1.165) is 16.3 Å². The van der Waals surface area contributed by atoms with Gasteiger partial charge in [0.15, 0.2) is 5.11 Å². The molecule has 0 fully saturated rings. The minimum absolute atomic E-state index is 0.00137. The van der Waals surface area contributed by atoms with Crippen molar-refractivity contribution in [3.05, 3.63) is 126 Å². The van der Waals surface area contributed by atoms with Gasteiger partial charge in [-0.15, -0.1) is 0 Å². The van der Waals surface area contributed by atoms with Gasteiger partial charge in [-0.2, -0.15) is 0 Å². The molecule has 6 heteroatoms. The van der Waals surface area contributed by atoms with Crippen molar-refractivity contribution in [2.45, 2.75) is 0 Å². The van der Waals surface area contributed by atoms with Crippen LogP contribution in [0.25, 0.3) is 0 Å². The highest BCUT2D eigenvalue weighted by atomic mass is 32.1. The fraction of sp³-hybridized carbons (Fsp3) is 0. The van der Waals surface area contributed by atoms with Crippen LogP contribution in [0.1, 0.15) is 20.7 Å². The Morgan fingerprint density at radius 3 is 1.42 bits per heavy atom. The smallest absolute Gasteiger partial charge is 0.267 e. The van der Waals surface area contributed by atoms with Crippen molar-refractivity contribution in [2.75, 3.05) is 10.6 Å². The third-order valence-corrected chi connectivity index (χ3v) is 5.13. The van der Waals surface area contributed by atoms with E-state index in [4.69, 9.17) is 12.2 Å². The molecule has 0 unspecified atom stereocenters. The Morgan fingerprint density at radius 1 is 0.545 bits per heavy atom. The van der Waals surface area contributed by atoms with E-state index < -0.39 is 11.8 Å². The standard InChI is InChI=1S/C27H21N3O2S/c31-25(20-10-4-1-5-11-20)30(26(32)21-12-6-2-7-13-21)27(33)29-24-18-16-23(17-19-24)28-22-14-8-3-9-15-22/h1-19,28H,(H,29,33). The average molecular weight is 452 g/mol. The number of imide groups is 1. The number of thiocarbonyl (C=S) groups is 1. The van der Waals surface area contributed by atoms with E-state index in [-0.39, 0.29) is 5.11 Å². The van der Waals surface area contributed by atoms with Crippen molar-refractivity contribution in [3.8, 4) is 0 Å². The van der Waals surface area contributed by atoms with Gasteiger partial charge in [-0.3, -0.25) is 9.59 Å². The van der Waals surface area contributed by atoms with Crippen molar-refractivity contribution in [1.29, 1.82) is 0 Å². The number of rotatable bonds is 5. The molecule has 0 bridgehead atoms. The highest BCUT2D eigenvalue weighted by Gasteiger charge is 2.28. The monoisotopic (exact) mass is 451 g/mol. The first kappa shape index (κ1) is 21.9. The molecule has 162 valence electrons. The summed E-state index contributed by atoms with van der Waals surface area (Å²) in [5.41, 5.74) is 3.27. The minimum atomic E-state index is -0.496. The summed E-state index contributed by atoms with van der Waals surface area (Å²) in [7, 11) is 0. The molecular formula is C27H21N3O2S. The van der Waals surface area contributed by atoms with Gasteiger partial charge in [-0.25, -0.2) is 4.90 Å². The first-order valence-electron chi connectivity index (χ1n) is 10.3. The van der Waals surface area contributed by atoms with E-state index in [0.29, 0.717) is 16.8 Å². The van der Waals surface area contributed by atoms with Crippen molar-refractivity contribution in [3.63, 3.8) is 0 Å². The maximum atomic E-state index is 13.2. The van der Waals surface area contributed by atoms with Gasteiger partial charge < -0.3 is 10.6 Å². The zero-order chi connectivity index (χ0) is 23.0. The third kappa shape index (κ3) is 5.50. The normalized spacial score (nSPS) is 10.2. The lowest BCUT2D eigenvalue weighted by molar-refractivity contribution is 0.0716. The highest BCUT2D eigenvalue weighted by molar-refractivity contribution is 7.80. The van der Waals surface area contributed by atoms with E-state index >= 15 is 0 Å². The van der Waals surface area contributed by atoms with Gasteiger partial charge in [0.1, 0.15) is 0 Å². The van der Waals surface area contributed by atoms with Crippen LogP contribution in [0.15, 0.2) is 115 Å². The van der Waals surface area contributed by atoms with Gasteiger partial charge in [0.25, 0.3) is 11.8 Å². The van der Waals surface area contributed by atoms with Crippen molar-refractivity contribution >= 4 is 46.2 Å². The fourth-order valence-corrected chi connectivity index (χ4v) is 3.48. The van der Waals surface area contributed by atoms with Crippen LogP contribution in [-0.2, 0) is 0 Å². The molecule has 0 aromatic heterocycles. The molecule has 33 heavy (non-hydrogen) atoms. The van der Waals surface area contributed by atoms with Crippen LogP contribution < -0.4 is 10.6 Å². The summed E-state index contributed by atoms with van der Waals surface area (Å²) in [6.07, 6.45) is 0. The van der Waals surface area contributed by atoms with Crippen molar-refractivity contribution < 1.29 is 9.59 Å². The second kappa shape index (κ2) is 10.3. The van der Waals surface area contributed by atoms with Crippen LogP contribution in [0.3, 0.4) is 0 Å². The minimum Gasteiger partial charge on any atom is -0.356 e. The lowest BCUT2D eigenvalue weighted by Gasteiger charge is -2.22. The molecular weight excluding hydrogens is 430 g/mol. The maximum Gasteiger partial charge on any atom is 0.267 e. The number of nitrogens with zero attached hydrogens (tertiary/aromatic N) is 1. The van der Waals surface area contributed by atoms with Crippen molar-refractivity contribution in [2.24, 2.45) is 0 Å². The molecule has 0 atom stereocenters. The van der Waals surface area contributed by atoms with Gasteiger partial charge in [-0.05, 0) is 72.9 Å². The molecule has 2 amide bonds. The van der Waals surface area contributed by atoms with Crippen LogP contribution >= 0.6 is 12.2 Å². The van der Waals surface area contributed by atoms with Crippen LogP contribution in [0.5, 0.6) is 0 Å². The molecule has 0 aliphatic carbocycles. The van der Waals surface area contributed by atoms with Gasteiger partial charge in [-0.1, -0.05) is 54.6 Å². The van der Waals surface area contributed by atoms with Crippen LogP contribution in [0.2, 0.25) is 0 Å². The summed E-state index contributed by atoms with van der Waals surface area (Å²) in [6, 6.07) is 34.5. The highest BCUT2D eigenvalue weighted by Crippen LogP contribution is 2.20. The predicted molar refractivity (Wildman–Crippen MR) is 136 cm³/mol. The number of hydrogen-bond donors (Lipinski definition) is 2. The van der Waals surface area contributed by atoms with E-state index in [1.807, 2.05) is 66.7 Å². The summed E-state index contributed by atoms with van der Waals surface area (Å²) < 4.78 is 0. The predicted octanol–water partition coefficient (Wildman–Crippen LogP) is 6.11. The number of nitrogens with one attached hydrogen (secondary N) is 2. The Balaban J connectivity index is 1.55. The molecule has 4 aromatic rings. The van der Waals surface area contributed by atoms with E-state index in [1.54, 1.807) is 48.5 Å². The zero-order valence-electron chi connectivity index (χ0n) is 17.6. The van der Waals surface area contributed by atoms with Crippen LogP contribution in [0.4, 0.5) is 17.1 Å². The fourth-order valence-electron chi connectivity index (χ4n) is 3.20. The lowest BCUT2D eigenvalue weighted by atomic mass is 10.1. The Morgan fingerprint density at radius 2 is 0.939 bits per heavy atom. The molecule has 4 rings (SSSR count). The molecule has 0 aliphatic rings. The number of carbonyl (C=O) groups is 2. The quantitative estimate of drug-likeness (QED) is 0.283. The molecule has 4 aromatic carbocycles. The second-order valence-corrected chi connectivity index (χ2v) is 7.56. The number of amides is 2. The number of carbonyl (C=O) groups excluding carboxylic acids is 2. The molecule has 0 aliphatic heterocycles. The molecule has 0 heterocycles. The Kier molecular flexibility index (Phi) is 6.87. The molecule has 2 N–H and O–H groups in total. The van der Waals surface area contributed by atoms with E-state index in [2.05, 4.69) is 10.6 Å². The third-order valence-electron chi connectivity index (χ3n) is 4.85. The number of para-hydroxylation sites is 1. The SMILES string of the molecule is O=C(c1ccccc1)N(C(=O)c1ccccc1)C(=S)Nc1ccc(Nc2ccccc2)cc1. The first-order valence-corrected chi connectivity index (χ1v) is 10.7. The Hall–Kier alpha value is -4.29. The van der Waals surface area contributed by atoms with Gasteiger partial charge in [0.2, 0.25) is 0 Å². The topological polar surface area (TPSA) is 61.4 Å². The van der Waals surface area contributed by atoms with E-state index in [9.17, 15) is 9.59 Å². The summed E-state index contributed by atoms with van der Waals surface area (Å²) in [5.74, 6) is -0.992. The van der Waals surface area contributed by atoms with Gasteiger partial charge >= 0.3 is 0 Å². The summed E-state index contributed by atoms with van der Waals surface area (Å²) >= 11 is 5.51. The summed E-state index contributed by atoms with van der Waals surface area (Å²) in [5, 5.41) is 6.33. The van der Waals surface area contributed by atoms with Crippen LogP contribution in [-0.4, -0.2) is 21.8 Å². The average Bonchev–Trinajstić information content (AvgIpc) is 2.87. The van der Waals surface area contributed by atoms with Gasteiger partial charge in [0, 0.05) is 28.2 Å². The Bertz CT molecular complexity index is 1190. The zero-order valence-corrected chi connectivity index (χ0v) is 18.5. The molecule has 0 radical (unpaired) electrons.